The Morgan fingerprint density at radius 1 is 1.00 bits per heavy atom. The number of anilines is 1. The molecule has 0 saturated heterocycles. The van der Waals surface area contributed by atoms with Crippen LogP contribution in [0.4, 0.5) is 5.69 Å². The number of hydrogen-bond donors (Lipinski definition) is 0. The van der Waals surface area contributed by atoms with E-state index in [-0.39, 0.29) is 0 Å². The number of carbonyl (C=O) groups is 1. The second kappa shape index (κ2) is 10.2. The lowest BCUT2D eigenvalue weighted by molar-refractivity contribution is -0.130. The molecular weight excluding hydrogens is 436 g/mol. The topological polar surface area (TPSA) is 45.7 Å². The number of rotatable bonds is 7. The number of hydrogen-bond acceptors (Lipinski definition) is 4. The van der Waals surface area contributed by atoms with Gasteiger partial charge in [0.25, 0.3) is 0 Å². The lowest BCUT2D eigenvalue weighted by Crippen LogP contribution is -2.25. The highest BCUT2D eigenvalue weighted by atomic mass is 16.5. The van der Waals surface area contributed by atoms with Crippen LogP contribution in [0.5, 0.6) is 5.75 Å². The molecule has 4 rings (SSSR count). The Hall–Kier alpha value is -3.86. The molecule has 1 heterocycles. The van der Waals surface area contributed by atoms with Crippen molar-refractivity contribution >= 4 is 22.6 Å². The molecule has 5 nitrogen and oxygen atoms in total. The van der Waals surface area contributed by atoms with Gasteiger partial charge >= 0.3 is 5.97 Å². The van der Waals surface area contributed by atoms with Crippen LogP contribution in [0.3, 0.4) is 0 Å². The summed E-state index contributed by atoms with van der Waals surface area (Å²) in [5.74, 6) is 0.835. The monoisotopic (exact) mass is 469 g/mol. The molecule has 2 aromatic rings. The number of para-hydroxylation sites is 1. The molecule has 35 heavy (non-hydrogen) atoms. The Balaban J connectivity index is 2.07. The molecule has 0 atom stereocenters. The fraction of sp³-hybridized carbons (Fsp3) is 0.267. The molecule has 0 unspecified atom stereocenters. The molecule has 0 saturated carbocycles. The van der Waals surface area contributed by atoms with Crippen LogP contribution in [0.15, 0.2) is 77.2 Å². The van der Waals surface area contributed by atoms with E-state index in [0.717, 1.165) is 64.1 Å². The molecule has 0 N–H and O–H groups in total. The molecule has 2 aliphatic rings. The van der Waals surface area contributed by atoms with Crippen LogP contribution in [0.1, 0.15) is 27.7 Å². The van der Waals surface area contributed by atoms with Crippen molar-refractivity contribution in [3.05, 3.63) is 78.2 Å². The molecule has 1 aliphatic carbocycles. The maximum atomic E-state index is 12.4. The summed E-state index contributed by atoms with van der Waals surface area (Å²) < 4.78 is 14.4. The van der Waals surface area contributed by atoms with Gasteiger partial charge in [0.1, 0.15) is 30.7 Å². The van der Waals surface area contributed by atoms with E-state index in [1.165, 1.54) is 0 Å². The van der Waals surface area contributed by atoms with Crippen molar-refractivity contribution in [1.82, 2.24) is 4.58 Å². The maximum absolute atomic E-state index is 12.4. The minimum absolute atomic E-state index is 0.355. The Bertz CT molecular complexity index is 1440. The van der Waals surface area contributed by atoms with Gasteiger partial charge in [0.15, 0.2) is 0 Å². The first-order valence-electron chi connectivity index (χ1n) is 12.1. The first-order valence-corrected chi connectivity index (χ1v) is 12.1. The number of ether oxygens (including phenoxy) is 1. The van der Waals surface area contributed by atoms with E-state index in [9.17, 15) is 4.79 Å². The fourth-order valence-electron chi connectivity index (χ4n) is 4.31. The quantitative estimate of drug-likeness (QED) is 0.110. The number of fused-ring (bicyclic) bond motifs is 2. The van der Waals surface area contributed by atoms with Gasteiger partial charge in [-0.15, -0.1) is 0 Å². The van der Waals surface area contributed by atoms with Crippen LogP contribution in [-0.2, 0) is 4.79 Å². The standard InChI is InChI=1S/C30H33N2O3/c1-7-31(6)21-14-16-24-27(18-21)34-28-19-22(32(8-2)9-3)15-17-25(28)29(24)23-12-10-11-13-26(23)35-30(33)20(4)5/h10-19H,4,7-9H2,1-3,5-6H3/q+1. The predicted molar refractivity (Wildman–Crippen MR) is 144 cm³/mol. The number of nitrogens with zero attached hydrogens (tertiary/aromatic N) is 2. The van der Waals surface area contributed by atoms with Gasteiger partial charge in [-0.1, -0.05) is 24.8 Å². The van der Waals surface area contributed by atoms with Crippen LogP contribution in [0, 0.1) is 0 Å². The van der Waals surface area contributed by atoms with Crippen molar-refractivity contribution in [3.8, 4) is 28.2 Å². The summed E-state index contributed by atoms with van der Waals surface area (Å²) in [5.41, 5.74) is 5.02. The van der Waals surface area contributed by atoms with Crippen LogP contribution >= 0.6 is 0 Å². The first kappa shape index (κ1) is 24.3. The average Bonchev–Trinajstić information content (AvgIpc) is 2.87. The first-order chi connectivity index (χ1) is 16.9. The van der Waals surface area contributed by atoms with E-state index in [2.05, 4.69) is 80.3 Å². The van der Waals surface area contributed by atoms with Crippen molar-refractivity contribution in [1.29, 1.82) is 0 Å². The smallest absolute Gasteiger partial charge is 0.338 e. The number of esters is 1. The summed E-state index contributed by atoms with van der Waals surface area (Å²) in [6, 6.07) is 20.2. The van der Waals surface area contributed by atoms with Gasteiger partial charge in [0.05, 0.1) is 6.07 Å². The molecule has 0 radical (unpaired) electrons. The molecule has 1 aliphatic heterocycles. The molecule has 2 aromatic carbocycles. The summed E-state index contributed by atoms with van der Waals surface area (Å²) in [7, 11) is 2.06. The summed E-state index contributed by atoms with van der Waals surface area (Å²) >= 11 is 0. The van der Waals surface area contributed by atoms with Crippen molar-refractivity contribution in [2.45, 2.75) is 27.7 Å². The second-order valence-corrected chi connectivity index (χ2v) is 8.69. The summed E-state index contributed by atoms with van der Waals surface area (Å²) in [4.78, 5) is 14.7. The van der Waals surface area contributed by atoms with E-state index >= 15 is 0 Å². The van der Waals surface area contributed by atoms with Gasteiger partial charge in [-0.3, -0.25) is 0 Å². The Morgan fingerprint density at radius 2 is 1.74 bits per heavy atom. The van der Waals surface area contributed by atoms with Crippen molar-refractivity contribution in [2.75, 3.05) is 31.6 Å². The van der Waals surface area contributed by atoms with Gasteiger partial charge in [-0.2, -0.15) is 0 Å². The van der Waals surface area contributed by atoms with Crippen LogP contribution in [0.25, 0.3) is 33.4 Å². The number of carbonyl (C=O) groups excluding carboxylic acids is 1. The third kappa shape index (κ3) is 4.72. The highest BCUT2D eigenvalue weighted by molar-refractivity contribution is 6.04. The third-order valence-electron chi connectivity index (χ3n) is 6.44. The van der Waals surface area contributed by atoms with Gasteiger partial charge in [-0.05, 0) is 52.0 Å². The summed E-state index contributed by atoms with van der Waals surface area (Å²) in [6.07, 6.45) is 0. The third-order valence-corrected chi connectivity index (χ3v) is 6.44. The van der Waals surface area contributed by atoms with E-state index < -0.39 is 5.97 Å². The van der Waals surface area contributed by atoms with Gasteiger partial charge < -0.3 is 14.1 Å². The zero-order valence-electron chi connectivity index (χ0n) is 21.2. The molecule has 180 valence electrons. The van der Waals surface area contributed by atoms with E-state index in [0.29, 0.717) is 11.3 Å². The fourth-order valence-corrected chi connectivity index (χ4v) is 4.31. The lowest BCUT2D eigenvalue weighted by Gasteiger charge is -2.22. The minimum atomic E-state index is -0.442. The lowest BCUT2D eigenvalue weighted by atomic mass is 9.93. The summed E-state index contributed by atoms with van der Waals surface area (Å²) in [5, 5.41) is 2.04. The SMILES string of the molecule is C=C(C)C(=O)Oc1ccccc1-c1c2ccc(=[N+](C)CC)cc-2oc2cc(N(CC)CC)ccc12. The van der Waals surface area contributed by atoms with Gasteiger partial charge in [-0.25, -0.2) is 9.37 Å². The van der Waals surface area contributed by atoms with Gasteiger partial charge in [0.2, 0.25) is 5.36 Å². The molecular formula is C30H33N2O3+. The van der Waals surface area contributed by atoms with E-state index in [4.69, 9.17) is 9.15 Å². The maximum Gasteiger partial charge on any atom is 0.338 e. The average molecular weight is 470 g/mol. The van der Waals surface area contributed by atoms with Gasteiger partial charge in [0, 0.05) is 58.6 Å². The van der Waals surface area contributed by atoms with E-state index in [1.807, 2.05) is 24.3 Å². The Morgan fingerprint density at radius 3 is 2.43 bits per heavy atom. The highest BCUT2D eigenvalue weighted by Gasteiger charge is 2.22. The molecule has 0 bridgehead atoms. The predicted octanol–water partition coefficient (Wildman–Crippen LogP) is 5.95. The van der Waals surface area contributed by atoms with Crippen LogP contribution in [-0.4, -0.2) is 32.7 Å². The normalized spacial score (nSPS) is 12.0. The zero-order chi connectivity index (χ0) is 25.1. The second-order valence-electron chi connectivity index (χ2n) is 8.69. The molecule has 0 aromatic heterocycles. The van der Waals surface area contributed by atoms with Crippen molar-refractivity contribution in [3.63, 3.8) is 0 Å². The van der Waals surface area contributed by atoms with Crippen molar-refractivity contribution < 1.29 is 13.9 Å². The largest absolute Gasteiger partial charge is 0.456 e. The minimum Gasteiger partial charge on any atom is -0.456 e. The molecule has 0 spiro atoms. The summed E-state index contributed by atoms with van der Waals surface area (Å²) in [6.45, 7) is 14.5. The highest BCUT2D eigenvalue weighted by Crippen LogP contribution is 2.44. The van der Waals surface area contributed by atoms with Crippen LogP contribution < -0.4 is 19.6 Å². The Labute approximate surface area is 206 Å². The number of benzene rings is 3. The molecule has 5 heteroatoms. The molecule has 0 amide bonds. The van der Waals surface area contributed by atoms with Crippen LogP contribution in [0.2, 0.25) is 0 Å². The molecule has 0 fully saturated rings. The van der Waals surface area contributed by atoms with Crippen molar-refractivity contribution in [2.24, 2.45) is 0 Å². The zero-order valence-corrected chi connectivity index (χ0v) is 21.2. The Kier molecular flexibility index (Phi) is 7.06. The van der Waals surface area contributed by atoms with E-state index in [1.54, 1.807) is 6.92 Å².